The van der Waals surface area contributed by atoms with Gasteiger partial charge in [0.25, 0.3) is 11.8 Å². The average molecular weight is 460 g/mol. The van der Waals surface area contributed by atoms with Crippen molar-refractivity contribution in [2.24, 2.45) is 0 Å². The van der Waals surface area contributed by atoms with Crippen molar-refractivity contribution in [2.45, 2.75) is 47.1 Å². The maximum atomic E-state index is 13.4. The lowest BCUT2D eigenvalue weighted by Crippen LogP contribution is -2.54. The minimum absolute atomic E-state index is 0.0670. The Morgan fingerprint density at radius 1 is 1.06 bits per heavy atom. The number of allylic oxidation sites excluding steroid dienone is 1. The minimum atomic E-state index is -0.478. The number of rotatable bonds is 3. The zero-order valence-electron chi connectivity index (χ0n) is 19.9. The number of carbonyl (C=O) groups is 2. The van der Waals surface area contributed by atoms with Gasteiger partial charge in [-0.1, -0.05) is 23.8 Å². The number of hydrogen-bond donors (Lipinski definition) is 1. The van der Waals surface area contributed by atoms with Gasteiger partial charge < -0.3 is 4.90 Å². The van der Waals surface area contributed by atoms with Gasteiger partial charge in [-0.2, -0.15) is 0 Å². The summed E-state index contributed by atoms with van der Waals surface area (Å²) in [6.07, 6.45) is 3.95. The van der Waals surface area contributed by atoms with E-state index in [2.05, 4.69) is 56.1 Å². The van der Waals surface area contributed by atoms with Crippen LogP contribution in [0.25, 0.3) is 11.6 Å². The summed E-state index contributed by atoms with van der Waals surface area (Å²) in [4.78, 5) is 29.9. The largest absolute Gasteiger partial charge is 0.363 e. The lowest BCUT2D eigenvalue weighted by molar-refractivity contribution is -0.122. The Morgan fingerprint density at radius 3 is 2.36 bits per heavy atom. The average Bonchev–Trinajstić information content (AvgIpc) is 2.72. The number of aryl methyl sites for hydroxylation is 2. The van der Waals surface area contributed by atoms with Crippen molar-refractivity contribution in [1.82, 2.24) is 5.32 Å². The van der Waals surface area contributed by atoms with Crippen LogP contribution < -0.4 is 15.1 Å². The molecule has 2 aliphatic rings. The minimum Gasteiger partial charge on any atom is -0.363 e. The molecular formula is C27H29N3O2S. The quantitative estimate of drug-likeness (QED) is 0.392. The molecule has 2 amide bonds. The second-order valence-corrected chi connectivity index (χ2v) is 9.63. The van der Waals surface area contributed by atoms with Crippen LogP contribution in [0.15, 0.2) is 48.0 Å². The normalized spacial score (nSPS) is 18.9. The SMILES string of the molecule is CCN1c2cc(C)c(/C=C3\C(=O)NC(=S)N(c4ccc(C)cc4)C3=O)cc2C(C)=CC1(C)C. The van der Waals surface area contributed by atoms with Gasteiger partial charge in [0, 0.05) is 17.8 Å². The van der Waals surface area contributed by atoms with Gasteiger partial charge in [0.2, 0.25) is 0 Å². The van der Waals surface area contributed by atoms with Gasteiger partial charge in [0.1, 0.15) is 5.57 Å². The molecule has 33 heavy (non-hydrogen) atoms. The van der Waals surface area contributed by atoms with Gasteiger partial charge in [-0.3, -0.25) is 19.8 Å². The van der Waals surface area contributed by atoms with Crippen molar-refractivity contribution in [3.63, 3.8) is 0 Å². The molecule has 0 unspecified atom stereocenters. The Bertz CT molecular complexity index is 1240. The highest BCUT2D eigenvalue weighted by Crippen LogP contribution is 2.40. The molecule has 2 aromatic rings. The molecular weight excluding hydrogens is 430 g/mol. The molecule has 1 N–H and O–H groups in total. The van der Waals surface area contributed by atoms with E-state index < -0.39 is 11.8 Å². The van der Waals surface area contributed by atoms with Crippen LogP contribution in [-0.2, 0) is 9.59 Å². The van der Waals surface area contributed by atoms with Gasteiger partial charge in [-0.25, -0.2) is 0 Å². The van der Waals surface area contributed by atoms with Crippen molar-refractivity contribution in [1.29, 1.82) is 0 Å². The number of nitrogens with one attached hydrogen (secondary N) is 1. The highest BCUT2D eigenvalue weighted by Gasteiger charge is 2.35. The molecule has 0 bridgehead atoms. The molecule has 5 nitrogen and oxygen atoms in total. The van der Waals surface area contributed by atoms with E-state index in [1.54, 1.807) is 6.08 Å². The number of benzene rings is 2. The Kier molecular flexibility index (Phi) is 5.74. The summed E-state index contributed by atoms with van der Waals surface area (Å²) in [5.74, 6) is -0.901. The number of likely N-dealkylation sites (N-methyl/N-ethyl adjacent to an activating group) is 1. The smallest absolute Gasteiger partial charge is 0.270 e. The van der Waals surface area contributed by atoms with Crippen molar-refractivity contribution >= 4 is 52.2 Å². The molecule has 0 saturated carbocycles. The Labute approximate surface area is 200 Å². The molecule has 0 spiro atoms. The standard InChI is InChI=1S/C27H29N3O2S/c1-7-29-23-12-17(3)19(13-21(23)18(4)15-27(29,5)6)14-22-24(31)28-26(33)30(25(22)32)20-10-8-16(2)9-11-20/h8-15H,7H2,1-6H3,(H,28,31,33)/b22-14+. The monoisotopic (exact) mass is 459 g/mol. The van der Waals surface area contributed by atoms with Crippen LogP contribution in [0, 0.1) is 13.8 Å². The van der Waals surface area contributed by atoms with Crippen LogP contribution in [0.1, 0.15) is 49.9 Å². The van der Waals surface area contributed by atoms with Gasteiger partial charge in [0.15, 0.2) is 5.11 Å². The third-order valence-corrected chi connectivity index (χ3v) is 6.66. The van der Waals surface area contributed by atoms with Crippen LogP contribution in [-0.4, -0.2) is 29.0 Å². The van der Waals surface area contributed by atoms with E-state index in [9.17, 15) is 9.59 Å². The molecule has 1 saturated heterocycles. The summed E-state index contributed by atoms with van der Waals surface area (Å²) in [5, 5.41) is 2.76. The van der Waals surface area contributed by atoms with E-state index in [-0.39, 0.29) is 16.2 Å². The first-order valence-corrected chi connectivity index (χ1v) is 11.5. The number of anilines is 2. The molecule has 6 heteroatoms. The number of nitrogens with zero attached hydrogens (tertiary/aromatic N) is 2. The summed E-state index contributed by atoms with van der Waals surface area (Å²) in [6, 6.07) is 11.7. The molecule has 0 aliphatic carbocycles. The van der Waals surface area contributed by atoms with Gasteiger partial charge in [-0.15, -0.1) is 0 Å². The third kappa shape index (κ3) is 4.00. The number of fused-ring (bicyclic) bond motifs is 1. The van der Waals surface area contributed by atoms with E-state index in [0.29, 0.717) is 5.69 Å². The molecule has 2 aliphatic heterocycles. The van der Waals surface area contributed by atoms with Crippen molar-refractivity contribution in [3.05, 3.63) is 70.3 Å². The number of thiocarbonyl (C=S) groups is 1. The molecule has 0 radical (unpaired) electrons. The number of amides is 2. The highest BCUT2D eigenvalue weighted by atomic mass is 32.1. The van der Waals surface area contributed by atoms with Crippen molar-refractivity contribution < 1.29 is 9.59 Å². The van der Waals surface area contributed by atoms with E-state index in [1.807, 2.05) is 38.1 Å². The maximum Gasteiger partial charge on any atom is 0.270 e. The Morgan fingerprint density at radius 2 is 1.73 bits per heavy atom. The molecule has 0 aromatic heterocycles. The number of hydrogen-bond acceptors (Lipinski definition) is 4. The van der Waals surface area contributed by atoms with E-state index in [1.165, 1.54) is 16.2 Å². The fourth-order valence-corrected chi connectivity index (χ4v) is 5.00. The summed E-state index contributed by atoms with van der Waals surface area (Å²) in [5.41, 5.74) is 7.00. The summed E-state index contributed by atoms with van der Waals surface area (Å²) in [7, 11) is 0. The van der Waals surface area contributed by atoms with Crippen LogP contribution in [0.2, 0.25) is 0 Å². The predicted molar refractivity (Wildman–Crippen MR) is 139 cm³/mol. The zero-order chi connectivity index (χ0) is 24.1. The first-order chi connectivity index (χ1) is 15.5. The lowest BCUT2D eigenvalue weighted by Gasteiger charge is -2.43. The highest BCUT2D eigenvalue weighted by molar-refractivity contribution is 7.80. The molecule has 0 atom stereocenters. The molecule has 170 valence electrons. The second kappa shape index (κ2) is 8.27. The molecule has 2 heterocycles. The third-order valence-electron chi connectivity index (χ3n) is 6.38. The van der Waals surface area contributed by atoms with Crippen molar-refractivity contribution in [3.8, 4) is 0 Å². The van der Waals surface area contributed by atoms with Gasteiger partial charge >= 0.3 is 0 Å². The van der Waals surface area contributed by atoms with Gasteiger partial charge in [0.05, 0.1) is 11.2 Å². The van der Waals surface area contributed by atoms with E-state index >= 15 is 0 Å². The van der Waals surface area contributed by atoms with Crippen LogP contribution in [0.4, 0.5) is 11.4 Å². The summed E-state index contributed by atoms with van der Waals surface area (Å²) >= 11 is 5.32. The van der Waals surface area contributed by atoms with Crippen LogP contribution in [0.3, 0.4) is 0 Å². The predicted octanol–water partition coefficient (Wildman–Crippen LogP) is 5.16. The zero-order valence-corrected chi connectivity index (χ0v) is 20.8. The fraction of sp³-hybridized carbons (Fsp3) is 0.296. The van der Waals surface area contributed by atoms with E-state index in [0.717, 1.165) is 28.8 Å². The second-order valence-electron chi connectivity index (χ2n) is 9.24. The first-order valence-electron chi connectivity index (χ1n) is 11.1. The van der Waals surface area contributed by atoms with Crippen molar-refractivity contribution in [2.75, 3.05) is 16.3 Å². The topological polar surface area (TPSA) is 52.7 Å². The molecule has 2 aromatic carbocycles. The fourth-order valence-electron chi connectivity index (χ4n) is 4.72. The van der Waals surface area contributed by atoms with Gasteiger partial charge in [-0.05, 0) is 101 Å². The Balaban J connectivity index is 1.79. The lowest BCUT2D eigenvalue weighted by atomic mass is 9.86. The maximum absolute atomic E-state index is 13.4. The van der Waals surface area contributed by atoms with Crippen LogP contribution >= 0.6 is 12.2 Å². The molecule has 4 rings (SSSR count). The van der Waals surface area contributed by atoms with Crippen LogP contribution in [0.5, 0.6) is 0 Å². The van der Waals surface area contributed by atoms with E-state index in [4.69, 9.17) is 12.2 Å². The number of carbonyl (C=O) groups excluding carboxylic acids is 2. The first kappa shape index (κ1) is 22.9. The molecule has 1 fully saturated rings. The summed E-state index contributed by atoms with van der Waals surface area (Å²) in [6.45, 7) is 13.5. The summed E-state index contributed by atoms with van der Waals surface area (Å²) < 4.78 is 0. The Hall–Kier alpha value is -3.25.